The average Bonchev–Trinajstić information content (AvgIpc) is 2.78. The summed E-state index contributed by atoms with van der Waals surface area (Å²) in [5.41, 5.74) is 1.61. The van der Waals surface area contributed by atoms with Crippen LogP contribution in [0.1, 0.15) is 73.9 Å². The molecule has 0 aromatic heterocycles. The lowest BCUT2D eigenvalue weighted by molar-refractivity contribution is -0.271. The van der Waals surface area contributed by atoms with Crippen LogP contribution in [0, 0.1) is 0 Å². The van der Waals surface area contributed by atoms with Gasteiger partial charge in [0, 0.05) is 0 Å². The number of nitrogens with zero attached hydrogens (tertiary/aromatic N) is 1. The summed E-state index contributed by atoms with van der Waals surface area (Å²) in [5.74, 6) is 0.298. The van der Waals surface area contributed by atoms with Crippen molar-refractivity contribution in [2.75, 3.05) is 6.61 Å². The molecule has 2 aromatic carbocycles. The lowest BCUT2D eigenvalue weighted by atomic mass is 10.0. The van der Waals surface area contributed by atoms with E-state index < -0.39 is 12.1 Å². The van der Waals surface area contributed by atoms with E-state index in [1.165, 1.54) is 37.6 Å². The molecule has 0 atom stereocenters. The number of carbonyl (C=O) groups excluding carboxylic acids is 2. The molecule has 7 heteroatoms. The number of aryl methyl sites for hydroxylation is 1. The van der Waals surface area contributed by atoms with E-state index in [0.717, 1.165) is 30.6 Å². The SMILES string of the molecule is CCCCCCOc1ccc(C=NOC(=O)c2ccc(OC(=O)[O-])c(CCCC)c2)cc1. The first-order valence-electron chi connectivity index (χ1n) is 11.0. The summed E-state index contributed by atoms with van der Waals surface area (Å²) in [6.45, 7) is 4.88. The molecule has 7 nitrogen and oxygen atoms in total. The number of carbonyl (C=O) groups is 2. The van der Waals surface area contributed by atoms with E-state index in [-0.39, 0.29) is 11.3 Å². The number of hydrogen-bond donors (Lipinski definition) is 0. The first-order chi connectivity index (χ1) is 15.5. The third-order valence-corrected chi connectivity index (χ3v) is 4.77. The van der Waals surface area contributed by atoms with Gasteiger partial charge in [-0.25, -0.2) is 4.79 Å². The molecule has 0 bridgehead atoms. The monoisotopic (exact) mass is 440 g/mol. The van der Waals surface area contributed by atoms with Crippen molar-refractivity contribution in [3.05, 3.63) is 59.2 Å². The van der Waals surface area contributed by atoms with Gasteiger partial charge in [0.15, 0.2) is 0 Å². The third kappa shape index (κ3) is 8.79. The van der Waals surface area contributed by atoms with E-state index in [1.54, 1.807) is 6.07 Å². The summed E-state index contributed by atoms with van der Waals surface area (Å²) in [5, 5.41) is 14.5. The Labute approximate surface area is 189 Å². The van der Waals surface area contributed by atoms with Crippen LogP contribution in [0.2, 0.25) is 0 Å². The van der Waals surface area contributed by atoms with Crippen molar-refractivity contribution in [3.8, 4) is 11.5 Å². The van der Waals surface area contributed by atoms with Crippen molar-refractivity contribution in [2.45, 2.75) is 58.8 Å². The minimum Gasteiger partial charge on any atom is -0.514 e. The maximum Gasteiger partial charge on any atom is 0.365 e. The molecule has 0 N–H and O–H groups in total. The molecule has 172 valence electrons. The maximum absolute atomic E-state index is 12.3. The molecule has 0 heterocycles. The van der Waals surface area contributed by atoms with Crippen molar-refractivity contribution in [1.29, 1.82) is 0 Å². The Bertz CT molecular complexity index is 892. The van der Waals surface area contributed by atoms with Gasteiger partial charge in [-0.3, -0.25) is 0 Å². The van der Waals surface area contributed by atoms with Crippen LogP contribution < -0.4 is 14.6 Å². The molecular weight excluding hydrogens is 410 g/mol. The van der Waals surface area contributed by atoms with Crippen LogP contribution >= 0.6 is 0 Å². The molecule has 0 aliphatic rings. The fourth-order valence-electron chi connectivity index (χ4n) is 3.02. The molecule has 2 rings (SSSR count). The summed E-state index contributed by atoms with van der Waals surface area (Å²) >= 11 is 0. The minimum atomic E-state index is -1.64. The fourth-order valence-corrected chi connectivity index (χ4v) is 3.02. The van der Waals surface area contributed by atoms with Gasteiger partial charge in [0.25, 0.3) is 6.16 Å². The second-order valence-corrected chi connectivity index (χ2v) is 7.37. The number of oxime groups is 1. The van der Waals surface area contributed by atoms with Gasteiger partial charge in [-0.1, -0.05) is 44.7 Å². The zero-order chi connectivity index (χ0) is 23.2. The Morgan fingerprint density at radius 2 is 1.72 bits per heavy atom. The van der Waals surface area contributed by atoms with Crippen molar-refractivity contribution in [2.24, 2.45) is 5.16 Å². The van der Waals surface area contributed by atoms with Crippen LogP contribution in [-0.2, 0) is 11.3 Å². The normalized spacial score (nSPS) is 10.8. The fraction of sp³-hybridized carbons (Fsp3) is 0.400. The molecule has 0 saturated carbocycles. The lowest BCUT2D eigenvalue weighted by Gasteiger charge is -2.14. The summed E-state index contributed by atoms with van der Waals surface area (Å²) < 4.78 is 10.4. The van der Waals surface area contributed by atoms with E-state index in [0.29, 0.717) is 18.6 Å². The Balaban J connectivity index is 1.91. The lowest BCUT2D eigenvalue weighted by Crippen LogP contribution is -2.27. The van der Waals surface area contributed by atoms with E-state index >= 15 is 0 Å². The predicted molar refractivity (Wildman–Crippen MR) is 120 cm³/mol. The van der Waals surface area contributed by atoms with Crippen molar-refractivity contribution in [1.82, 2.24) is 0 Å². The van der Waals surface area contributed by atoms with Crippen LogP contribution in [0.15, 0.2) is 47.6 Å². The second-order valence-electron chi connectivity index (χ2n) is 7.37. The number of carboxylic acid groups (broad SMARTS) is 1. The van der Waals surface area contributed by atoms with E-state index in [2.05, 4.69) is 16.8 Å². The molecule has 2 aromatic rings. The number of hydrogen-bond acceptors (Lipinski definition) is 7. The second kappa shape index (κ2) is 13.9. The van der Waals surface area contributed by atoms with Gasteiger partial charge < -0.3 is 24.2 Å². The molecule has 32 heavy (non-hydrogen) atoms. The standard InChI is InChI=1S/C25H31NO6/c1-3-5-7-8-16-30-22-13-10-19(11-14-22)18-26-32-24(27)21-12-15-23(31-25(28)29)20(17-21)9-6-4-2/h10-15,17-18H,3-9,16H2,1-2H3,(H,28,29)/p-1. The van der Waals surface area contributed by atoms with Gasteiger partial charge >= 0.3 is 5.97 Å². The van der Waals surface area contributed by atoms with Crippen LogP contribution in [0.5, 0.6) is 11.5 Å². The zero-order valence-corrected chi connectivity index (χ0v) is 18.7. The van der Waals surface area contributed by atoms with Crippen LogP contribution in [0.4, 0.5) is 4.79 Å². The van der Waals surface area contributed by atoms with Crippen molar-refractivity contribution in [3.63, 3.8) is 0 Å². The molecule has 0 radical (unpaired) electrons. The summed E-state index contributed by atoms with van der Waals surface area (Å²) in [6, 6.07) is 11.7. The minimum absolute atomic E-state index is 0.158. The Hall–Kier alpha value is -3.35. The third-order valence-electron chi connectivity index (χ3n) is 4.77. The van der Waals surface area contributed by atoms with Gasteiger partial charge in [-0.15, -0.1) is 0 Å². The predicted octanol–water partition coefficient (Wildman–Crippen LogP) is 4.90. The molecular formula is C25H30NO6-. The van der Waals surface area contributed by atoms with Crippen molar-refractivity contribution >= 4 is 18.3 Å². The Morgan fingerprint density at radius 3 is 2.41 bits per heavy atom. The van der Waals surface area contributed by atoms with Gasteiger partial charge in [0.2, 0.25) is 0 Å². The Kier molecular flexibility index (Phi) is 10.8. The zero-order valence-electron chi connectivity index (χ0n) is 18.7. The molecule has 0 unspecified atom stereocenters. The first kappa shape index (κ1) is 24.9. The van der Waals surface area contributed by atoms with Gasteiger partial charge in [0.05, 0.1) is 24.1 Å². The highest BCUT2D eigenvalue weighted by molar-refractivity contribution is 5.90. The Morgan fingerprint density at radius 1 is 0.969 bits per heavy atom. The van der Waals surface area contributed by atoms with E-state index in [4.69, 9.17) is 9.57 Å². The highest BCUT2D eigenvalue weighted by Gasteiger charge is 2.11. The van der Waals surface area contributed by atoms with Crippen LogP contribution in [0.25, 0.3) is 0 Å². The van der Waals surface area contributed by atoms with Crippen LogP contribution in [0.3, 0.4) is 0 Å². The number of unbranched alkanes of at least 4 members (excludes halogenated alkanes) is 4. The highest BCUT2D eigenvalue weighted by atomic mass is 16.7. The van der Waals surface area contributed by atoms with Gasteiger partial charge in [-0.2, -0.15) is 0 Å². The molecule has 0 amide bonds. The number of benzene rings is 2. The maximum atomic E-state index is 12.3. The quantitative estimate of drug-likeness (QED) is 0.110. The largest absolute Gasteiger partial charge is 0.514 e. The number of rotatable bonds is 13. The van der Waals surface area contributed by atoms with Crippen molar-refractivity contribution < 1.29 is 29.0 Å². The topological polar surface area (TPSA) is 97.2 Å². The molecule has 0 spiro atoms. The summed E-state index contributed by atoms with van der Waals surface area (Å²) in [7, 11) is 0. The van der Waals surface area contributed by atoms with E-state index in [9.17, 15) is 14.7 Å². The van der Waals surface area contributed by atoms with Gasteiger partial charge in [0.1, 0.15) is 5.75 Å². The first-order valence-corrected chi connectivity index (χ1v) is 11.0. The number of ether oxygens (including phenoxy) is 2. The molecule has 0 saturated heterocycles. The van der Waals surface area contributed by atoms with Gasteiger partial charge in [-0.05, 0) is 72.9 Å². The molecule has 0 aliphatic carbocycles. The summed E-state index contributed by atoms with van der Waals surface area (Å²) in [4.78, 5) is 28.0. The average molecular weight is 441 g/mol. The molecule has 0 fully saturated rings. The van der Waals surface area contributed by atoms with Crippen LogP contribution in [-0.4, -0.2) is 24.9 Å². The van der Waals surface area contributed by atoms with E-state index in [1.807, 2.05) is 31.2 Å². The highest BCUT2D eigenvalue weighted by Crippen LogP contribution is 2.23. The summed E-state index contributed by atoms with van der Waals surface area (Å²) in [6.07, 6.45) is 6.70. The smallest absolute Gasteiger partial charge is 0.365 e. The molecule has 0 aliphatic heterocycles.